The zero-order valence-electron chi connectivity index (χ0n) is 10.3. The Bertz CT molecular complexity index is 560. The molecule has 1 rings (SSSR count). The average Bonchev–Trinajstić information content (AvgIpc) is 2.32. The number of hydrogen-bond donors (Lipinski definition) is 2. The minimum Gasteiger partial charge on any atom is -0.466 e. The van der Waals surface area contributed by atoms with Crippen molar-refractivity contribution in [2.75, 3.05) is 22.8 Å². The Morgan fingerprint density at radius 3 is 2.74 bits per heavy atom. The molecule has 1 aromatic carbocycles. The van der Waals surface area contributed by atoms with Gasteiger partial charge in [0.1, 0.15) is 0 Å². The minimum absolute atomic E-state index is 0.185. The van der Waals surface area contributed by atoms with Crippen LogP contribution < -0.4 is 10.5 Å². The fourth-order valence-electron chi connectivity index (χ4n) is 1.29. The molecule has 0 fully saturated rings. The van der Waals surface area contributed by atoms with Gasteiger partial charge in [-0.15, -0.1) is 0 Å². The van der Waals surface area contributed by atoms with Gasteiger partial charge in [-0.3, -0.25) is 9.52 Å². The molecule has 0 saturated carbocycles. The predicted octanol–water partition coefficient (Wildman–Crippen LogP) is 1.73. The zero-order valence-corrected chi connectivity index (χ0v) is 12.8. The van der Waals surface area contributed by atoms with Crippen LogP contribution in [0.2, 0.25) is 0 Å². The van der Waals surface area contributed by atoms with Crippen molar-refractivity contribution in [1.29, 1.82) is 0 Å². The molecule has 1 aromatic rings. The van der Waals surface area contributed by atoms with Gasteiger partial charge in [0.2, 0.25) is 10.0 Å². The molecule has 106 valence electrons. The highest BCUT2D eigenvalue weighted by Crippen LogP contribution is 2.23. The molecule has 3 N–H and O–H groups in total. The molecular formula is C11H15BrN2O4S. The summed E-state index contributed by atoms with van der Waals surface area (Å²) in [5.41, 5.74) is 6.42. The van der Waals surface area contributed by atoms with Crippen LogP contribution in [0.4, 0.5) is 11.4 Å². The highest BCUT2D eigenvalue weighted by Gasteiger charge is 2.14. The Morgan fingerprint density at radius 2 is 2.16 bits per heavy atom. The number of nitrogen functional groups attached to an aromatic ring is 1. The first-order valence-electron chi connectivity index (χ1n) is 5.55. The van der Waals surface area contributed by atoms with Crippen LogP contribution >= 0.6 is 15.9 Å². The first-order chi connectivity index (χ1) is 8.84. The number of carbonyl (C=O) groups is 1. The second-order valence-corrected chi connectivity index (χ2v) is 6.41. The fourth-order valence-corrected chi connectivity index (χ4v) is 2.56. The molecule has 0 aliphatic carbocycles. The van der Waals surface area contributed by atoms with E-state index < -0.39 is 16.0 Å². The molecule has 0 unspecified atom stereocenters. The smallest absolute Gasteiger partial charge is 0.306 e. The number of esters is 1. The minimum atomic E-state index is -3.60. The molecule has 0 heterocycles. The van der Waals surface area contributed by atoms with Crippen LogP contribution in [0, 0.1) is 0 Å². The second kappa shape index (κ2) is 6.76. The monoisotopic (exact) mass is 350 g/mol. The third kappa shape index (κ3) is 5.48. The third-order valence-electron chi connectivity index (χ3n) is 2.15. The Morgan fingerprint density at radius 1 is 1.47 bits per heavy atom. The molecule has 0 amide bonds. The molecule has 8 heteroatoms. The van der Waals surface area contributed by atoms with Gasteiger partial charge in [-0.05, 0) is 41.1 Å². The number of halogens is 1. The summed E-state index contributed by atoms with van der Waals surface area (Å²) in [6.45, 7) is 1.89. The lowest BCUT2D eigenvalue weighted by Gasteiger charge is -2.09. The summed E-state index contributed by atoms with van der Waals surface area (Å²) in [5, 5.41) is 0. The molecule has 0 aliphatic heterocycles. The SMILES string of the molecule is CCOC(=O)CCS(=O)(=O)Nc1ccc(Br)c(N)c1. The van der Waals surface area contributed by atoms with Crippen LogP contribution in [0.1, 0.15) is 13.3 Å². The van der Waals surface area contributed by atoms with Gasteiger partial charge in [0, 0.05) is 10.2 Å². The van der Waals surface area contributed by atoms with Crippen LogP contribution in [0.3, 0.4) is 0 Å². The Kier molecular flexibility index (Phi) is 5.61. The number of rotatable bonds is 6. The second-order valence-electron chi connectivity index (χ2n) is 3.71. The van der Waals surface area contributed by atoms with Crippen molar-refractivity contribution in [1.82, 2.24) is 0 Å². The first kappa shape index (κ1) is 15.8. The third-order valence-corrected chi connectivity index (χ3v) is 4.16. The number of hydrogen-bond acceptors (Lipinski definition) is 5. The molecule has 6 nitrogen and oxygen atoms in total. The molecule has 0 radical (unpaired) electrons. The van der Waals surface area contributed by atoms with E-state index in [2.05, 4.69) is 25.4 Å². The van der Waals surface area contributed by atoms with Crippen molar-refractivity contribution in [3.8, 4) is 0 Å². The zero-order chi connectivity index (χ0) is 14.5. The largest absolute Gasteiger partial charge is 0.466 e. The van der Waals surface area contributed by atoms with Gasteiger partial charge >= 0.3 is 5.97 Å². The molecule has 19 heavy (non-hydrogen) atoms. The summed E-state index contributed by atoms with van der Waals surface area (Å²) in [4.78, 5) is 11.1. The van der Waals surface area contributed by atoms with Crippen LogP contribution in [0.15, 0.2) is 22.7 Å². The van der Waals surface area contributed by atoms with Gasteiger partial charge in [-0.2, -0.15) is 0 Å². The van der Waals surface area contributed by atoms with E-state index >= 15 is 0 Å². The summed E-state index contributed by atoms with van der Waals surface area (Å²) >= 11 is 3.21. The topological polar surface area (TPSA) is 98.5 Å². The van der Waals surface area contributed by atoms with Crippen molar-refractivity contribution in [3.63, 3.8) is 0 Å². The lowest BCUT2D eigenvalue weighted by molar-refractivity contribution is -0.142. The number of nitrogens with one attached hydrogen (secondary N) is 1. The van der Waals surface area contributed by atoms with Crippen LogP contribution in [-0.2, 0) is 19.6 Å². The number of sulfonamides is 1. The van der Waals surface area contributed by atoms with Crippen molar-refractivity contribution in [3.05, 3.63) is 22.7 Å². The van der Waals surface area contributed by atoms with Crippen molar-refractivity contribution in [2.45, 2.75) is 13.3 Å². The normalized spacial score (nSPS) is 11.1. The summed E-state index contributed by atoms with van der Waals surface area (Å²) in [5.74, 6) is -0.870. The van der Waals surface area contributed by atoms with Gasteiger partial charge in [0.05, 0.1) is 24.5 Å². The average molecular weight is 351 g/mol. The molecule has 0 atom stereocenters. The van der Waals surface area contributed by atoms with E-state index in [1.807, 2.05) is 0 Å². The molecular weight excluding hydrogens is 336 g/mol. The number of benzene rings is 1. The van der Waals surface area contributed by atoms with Crippen LogP contribution in [-0.4, -0.2) is 26.7 Å². The summed E-state index contributed by atoms with van der Waals surface area (Å²) in [6, 6.07) is 4.70. The maximum atomic E-state index is 11.7. The highest BCUT2D eigenvalue weighted by molar-refractivity contribution is 9.10. The number of anilines is 2. The first-order valence-corrected chi connectivity index (χ1v) is 7.99. The Balaban J connectivity index is 2.64. The molecule has 0 aromatic heterocycles. The van der Waals surface area contributed by atoms with Crippen molar-refractivity contribution >= 4 is 43.3 Å². The van der Waals surface area contributed by atoms with Gasteiger partial charge in [-0.1, -0.05) is 0 Å². The van der Waals surface area contributed by atoms with E-state index in [0.717, 1.165) is 0 Å². The fraction of sp³-hybridized carbons (Fsp3) is 0.364. The van der Waals surface area contributed by atoms with E-state index in [1.165, 1.54) is 6.07 Å². The van der Waals surface area contributed by atoms with Crippen molar-refractivity contribution < 1.29 is 17.9 Å². The van der Waals surface area contributed by atoms with Gasteiger partial charge < -0.3 is 10.5 Å². The van der Waals surface area contributed by atoms with Crippen LogP contribution in [0.5, 0.6) is 0 Å². The Hall–Kier alpha value is -1.28. The van der Waals surface area contributed by atoms with Crippen LogP contribution in [0.25, 0.3) is 0 Å². The maximum Gasteiger partial charge on any atom is 0.306 e. The van der Waals surface area contributed by atoms with Crippen molar-refractivity contribution in [2.24, 2.45) is 0 Å². The Labute approximate surface area is 120 Å². The molecule has 0 saturated heterocycles. The van der Waals surface area contributed by atoms with Gasteiger partial charge in [0.25, 0.3) is 0 Å². The van der Waals surface area contributed by atoms with Gasteiger partial charge in [0.15, 0.2) is 0 Å². The van der Waals surface area contributed by atoms with E-state index in [0.29, 0.717) is 15.8 Å². The maximum absolute atomic E-state index is 11.7. The summed E-state index contributed by atoms with van der Waals surface area (Å²) in [7, 11) is -3.60. The number of nitrogens with two attached hydrogens (primary N) is 1. The molecule has 0 bridgehead atoms. The highest BCUT2D eigenvalue weighted by atomic mass is 79.9. The van der Waals surface area contributed by atoms with E-state index in [4.69, 9.17) is 5.73 Å². The van der Waals surface area contributed by atoms with E-state index in [9.17, 15) is 13.2 Å². The number of ether oxygens (including phenoxy) is 1. The number of carbonyl (C=O) groups excluding carboxylic acids is 1. The quantitative estimate of drug-likeness (QED) is 0.601. The van der Waals surface area contributed by atoms with Gasteiger partial charge in [-0.25, -0.2) is 8.42 Å². The van der Waals surface area contributed by atoms with E-state index in [-0.39, 0.29) is 18.8 Å². The lowest BCUT2D eigenvalue weighted by atomic mass is 10.3. The molecule has 0 spiro atoms. The van der Waals surface area contributed by atoms with E-state index in [1.54, 1.807) is 19.1 Å². The summed E-state index contributed by atoms with van der Waals surface area (Å²) < 4.78 is 31.2. The summed E-state index contributed by atoms with van der Waals surface area (Å²) in [6.07, 6.45) is -0.185. The predicted molar refractivity (Wildman–Crippen MR) is 77.2 cm³/mol. The lowest BCUT2D eigenvalue weighted by Crippen LogP contribution is -2.20. The molecule has 0 aliphatic rings. The standard InChI is InChI=1S/C11H15BrN2O4S/c1-2-18-11(15)5-6-19(16,17)14-8-3-4-9(12)10(13)7-8/h3-4,7,14H,2,5-6,13H2,1H3.